The lowest BCUT2D eigenvalue weighted by Crippen LogP contribution is -2.33. The molecule has 0 bridgehead atoms. The van der Waals surface area contributed by atoms with E-state index in [0.29, 0.717) is 12.0 Å². The summed E-state index contributed by atoms with van der Waals surface area (Å²) in [6.45, 7) is 5.29. The monoisotopic (exact) mass is 262 g/mol. The van der Waals surface area contributed by atoms with Crippen LogP contribution in [0.3, 0.4) is 0 Å². The summed E-state index contributed by atoms with van der Waals surface area (Å²) in [5, 5.41) is 0. The van der Waals surface area contributed by atoms with Gasteiger partial charge in [0.25, 0.3) is 0 Å². The van der Waals surface area contributed by atoms with Crippen LogP contribution in [0.2, 0.25) is 0 Å². The van der Waals surface area contributed by atoms with Gasteiger partial charge >= 0.3 is 0 Å². The Morgan fingerprint density at radius 3 is 2.37 bits per heavy atom. The molecule has 0 amide bonds. The van der Waals surface area contributed by atoms with E-state index in [4.69, 9.17) is 5.73 Å². The number of nitrogens with two attached hydrogens (primary N) is 1. The highest BCUT2D eigenvalue weighted by Crippen LogP contribution is 2.24. The minimum absolute atomic E-state index is 0.338. The Bertz CT molecular complexity index is 443. The van der Waals surface area contributed by atoms with E-state index in [1.165, 1.54) is 32.1 Å². The van der Waals surface area contributed by atoms with Gasteiger partial charge in [0.2, 0.25) is 17.8 Å². The summed E-state index contributed by atoms with van der Waals surface area (Å²) in [4.78, 5) is 17.7. The second kappa shape index (κ2) is 5.19. The Morgan fingerprint density at radius 2 is 1.68 bits per heavy atom. The van der Waals surface area contributed by atoms with E-state index in [-0.39, 0.29) is 0 Å². The standard InChI is InChI=1S/C13H22N6/c1-10-6-5-9-19(10)13-16-11(14)15-12(17-13)18-7-3-2-4-8-18/h10H,2-9H2,1H3,(H2,14,15,16,17). The highest BCUT2D eigenvalue weighted by molar-refractivity contribution is 5.44. The summed E-state index contributed by atoms with van der Waals surface area (Å²) in [6, 6.07) is 0.496. The molecule has 0 spiro atoms. The number of nitrogen functional groups attached to an aromatic ring is 1. The average Bonchev–Trinajstić information content (AvgIpc) is 2.85. The number of rotatable bonds is 2. The van der Waals surface area contributed by atoms with Crippen LogP contribution in [-0.2, 0) is 0 Å². The molecule has 1 aromatic heterocycles. The largest absolute Gasteiger partial charge is 0.368 e. The van der Waals surface area contributed by atoms with Crippen molar-refractivity contribution in [2.24, 2.45) is 0 Å². The van der Waals surface area contributed by atoms with Crippen molar-refractivity contribution >= 4 is 17.8 Å². The second-order valence-electron chi connectivity index (χ2n) is 5.53. The molecular weight excluding hydrogens is 240 g/mol. The molecule has 1 aromatic rings. The highest BCUT2D eigenvalue weighted by atomic mass is 15.4. The Hall–Kier alpha value is -1.59. The molecule has 0 saturated carbocycles. The molecule has 0 aliphatic carbocycles. The molecule has 2 aliphatic heterocycles. The van der Waals surface area contributed by atoms with E-state index >= 15 is 0 Å². The maximum atomic E-state index is 5.86. The van der Waals surface area contributed by atoms with Gasteiger partial charge in [-0.2, -0.15) is 15.0 Å². The van der Waals surface area contributed by atoms with E-state index in [9.17, 15) is 0 Å². The molecule has 1 atom stereocenters. The third-order valence-corrected chi connectivity index (χ3v) is 4.08. The van der Waals surface area contributed by atoms with Crippen molar-refractivity contribution in [1.82, 2.24) is 15.0 Å². The first kappa shape index (κ1) is 12.4. The number of piperidine rings is 1. The molecule has 6 heteroatoms. The van der Waals surface area contributed by atoms with Crippen molar-refractivity contribution in [3.8, 4) is 0 Å². The van der Waals surface area contributed by atoms with Gasteiger partial charge in [0.1, 0.15) is 0 Å². The van der Waals surface area contributed by atoms with Crippen LogP contribution in [-0.4, -0.2) is 40.6 Å². The van der Waals surface area contributed by atoms with Gasteiger partial charge in [-0.3, -0.25) is 0 Å². The predicted molar refractivity (Wildman–Crippen MR) is 76.3 cm³/mol. The van der Waals surface area contributed by atoms with Gasteiger partial charge in [0.05, 0.1) is 0 Å². The molecule has 2 N–H and O–H groups in total. The minimum Gasteiger partial charge on any atom is -0.368 e. The van der Waals surface area contributed by atoms with Crippen molar-refractivity contribution < 1.29 is 0 Å². The van der Waals surface area contributed by atoms with Crippen molar-refractivity contribution in [1.29, 1.82) is 0 Å². The van der Waals surface area contributed by atoms with Crippen molar-refractivity contribution in [2.45, 2.75) is 45.1 Å². The lowest BCUT2D eigenvalue weighted by Gasteiger charge is -2.28. The van der Waals surface area contributed by atoms with E-state index in [0.717, 1.165) is 31.5 Å². The van der Waals surface area contributed by atoms with Crippen LogP contribution in [0.1, 0.15) is 39.0 Å². The van der Waals surface area contributed by atoms with Gasteiger partial charge in [0.15, 0.2) is 0 Å². The Kier molecular flexibility index (Phi) is 3.40. The molecule has 2 aliphatic rings. The summed E-state index contributed by atoms with van der Waals surface area (Å²) in [5.74, 6) is 1.84. The van der Waals surface area contributed by atoms with Crippen LogP contribution in [0.4, 0.5) is 17.8 Å². The Morgan fingerprint density at radius 1 is 0.947 bits per heavy atom. The quantitative estimate of drug-likeness (QED) is 0.869. The van der Waals surface area contributed by atoms with Gasteiger partial charge < -0.3 is 15.5 Å². The predicted octanol–water partition coefficient (Wildman–Crippen LogP) is 1.43. The zero-order valence-electron chi connectivity index (χ0n) is 11.5. The van der Waals surface area contributed by atoms with Crippen LogP contribution in [0.5, 0.6) is 0 Å². The number of aromatic nitrogens is 3. The molecule has 0 radical (unpaired) electrons. The number of hydrogen-bond acceptors (Lipinski definition) is 6. The number of hydrogen-bond donors (Lipinski definition) is 1. The fourth-order valence-electron chi connectivity index (χ4n) is 2.96. The summed E-state index contributed by atoms with van der Waals surface area (Å²) in [5.41, 5.74) is 5.86. The zero-order chi connectivity index (χ0) is 13.2. The smallest absolute Gasteiger partial charge is 0.232 e. The van der Waals surface area contributed by atoms with Gasteiger partial charge in [0, 0.05) is 25.7 Å². The summed E-state index contributed by atoms with van der Waals surface area (Å²) in [7, 11) is 0. The number of nitrogens with zero attached hydrogens (tertiary/aromatic N) is 5. The molecule has 19 heavy (non-hydrogen) atoms. The maximum Gasteiger partial charge on any atom is 0.232 e. The van der Waals surface area contributed by atoms with Crippen LogP contribution < -0.4 is 15.5 Å². The Balaban J connectivity index is 1.86. The van der Waals surface area contributed by atoms with Gasteiger partial charge in [-0.15, -0.1) is 0 Å². The van der Waals surface area contributed by atoms with Crippen LogP contribution in [0.25, 0.3) is 0 Å². The molecule has 0 aromatic carbocycles. The van der Waals surface area contributed by atoms with Crippen LogP contribution in [0.15, 0.2) is 0 Å². The van der Waals surface area contributed by atoms with Crippen LogP contribution in [0, 0.1) is 0 Å². The Labute approximate surface area is 114 Å². The first-order valence-corrected chi connectivity index (χ1v) is 7.27. The molecule has 3 rings (SSSR count). The third kappa shape index (κ3) is 2.57. The molecule has 1 unspecified atom stereocenters. The normalized spacial score (nSPS) is 23.9. The SMILES string of the molecule is CC1CCCN1c1nc(N)nc(N2CCCCC2)n1. The first-order valence-electron chi connectivity index (χ1n) is 7.27. The summed E-state index contributed by atoms with van der Waals surface area (Å²) < 4.78 is 0. The minimum atomic E-state index is 0.338. The molecule has 104 valence electrons. The van der Waals surface area contributed by atoms with Gasteiger partial charge in [-0.05, 0) is 39.0 Å². The van der Waals surface area contributed by atoms with Crippen molar-refractivity contribution in [3.63, 3.8) is 0 Å². The molecular formula is C13H22N6. The summed E-state index contributed by atoms with van der Waals surface area (Å²) in [6.07, 6.45) is 6.12. The van der Waals surface area contributed by atoms with E-state index < -0.39 is 0 Å². The molecule has 2 saturated heterocycles. The molecule has 3 heterocycles. The first-order chi connectivity index (χ1) is 9.24. The maximum absolute atomic E-state index is 5.86. The van der Waals surface area contributed by atoms with E-state index in [1.807, 2.05) is 0 Å². The summed E-state index contributed by atoms with van der Waals surface area (Å²) >= 11 is 0. The van der Waals surface area contributed by atoms with E-state index in [1.54, 1.807) is 0 Å². The van der Waals surface area contributed by atoms with Crippen molar-refractivity contribution in [3.05, 3.63) is 0 Å². The van der Waals surface area contributed by atoms with Gasteiger partial charge in [-0.25, -0.2) is 0 Å². The lowest BCUT2D eigenvalue weighted by atomic mass is 10.1. The van der Waals surface area contributed by atoms with E-state index in [2.05, 4.69) is 31.7 Å². The van der Waals surface area contributed by atoms with Gasteiger partial charge in [-0.1, -0.05) is 0 Å². The second-order valence-corrected chi connectivity index (χ2v) is 5.53. The number of anilines is 3. The van der Waals surface area contributed by atoms with Crippen molar-refractivity contribution in [2.75, 3.05) is 35.2 Å². The highest BCUT2D eigenvalue weighted by Gasteiger charge is 2.24. The third-order valence-electron chi connectivity index (χ3n) is 4.08. The molecule has 2 fully saturated rings. The van der Waals surface area contributed by atoms with Crippen LogP contribution >= 0.6 is 0 Å². The lowest BCUT2D eigenvalue weighted by molar-refractivity contribution is 0.567. The molecule has 6 nitrogen and oxygen atoms in total. The average molecular weight is 262 g/mol. The zero-order valence-corrected chi connectivity index (χ0v) is 11.5. The fraction of sp³-hybridized carbons (Fsp3) is 0.769. The fourth-order valence-corrected chi connectivity index (χ4v) is 2.96. The topological polar surface area (TPSA) is 71.2 Å².